The number of rotatable bonds is 4. The van der Waals surface area contributed by atoms with Crippen molar-refractivity contribution in [3.8, 4) is 0 Å². The maximum Gasteiger partial charge on any atom is 0.225 e. The minimum absolute atomic E-state index is 0.0469. The highest BCUT2D eigenvalue weighted by Crippen LogP contribution is 2.28. The van der Waals surface area contributed by atoms with E-state index in [0.717, 1.165) is 24.5 Å². The summed E-state index contributed by atoms with van der Waals surface area (Å²) in [7, 11) is 0. The second kappa shape index (κ2) is 6.72. The minimum Gasteiger partial charge on any atom is -0.372 e. The number of benzene rings is 1. The first-order valence-corrected chi connectivity index (χ1v) is 7.09. The number of para-hydroxylation sites is 2. The van der Waals surface area contributed by atoms with Crippen LogP contribution in [0.2, 0.25) is 0 Å². The lowest BCUT2D eigenvalue weighted by molar-refractivity contribution is -0.116. The van der Waals surface area contributed by atoms with E-state index in [2.05, 4.69) is 24.1 Å². The fourth-order valence-electron chi connectivity index (χ4n) is 2.57. The normalized spacial score (nSPS) is 22.6. The first-order chi connectivity index (χ1) is 9.60. The van der Waals surface area contributed by atoms with Gasteiger partial charge < -0.3 is 20.7 Å². The molecule has 2 rings (SSSR count). The number of amides is 1. The van der Waals surface area contributed by atoms with E-state index in [9.17, 15) is 4.79 Å². The van der Waals surface area contributed by atoms with E-state index in [4.69, 9.17) is 10.5 Å². The van der Waals surface area contributed by atoms with Crippen molar-refractivity contribution in [3.05, 3.63) is 24.3 Å². The van der Waals surface area contributed by atoms with Crippen molar-refractivity contribution in [1.82, 2.24) is 0 Å². The van der Waals surface area contributed by atoms with Gasteiger partial charge in [-0.15, -0.1) is 0 Å². The SMILES string of the molecule is CC1CN(c2ccccc2NC(=O)CCN)CC(C)O1. The van der Waals surface area contributed by atoms with Crippen molar-refractivity contribution in [2.24, 2.45) is 5.73 Å². The van der Waals surface area contributed by atoms with Gasteiger partial charge in [-0.3, -0.25) is 4.79 Å². The summed E-state index contributed by atoms with van der Waals surface area (Å²) in [6.07, 6.45) is 0.711. The Morgan fingerprint density at radius 2 is 2.00 bits per heavy atom. The average Bonchev–Trinajstić information content (AvgIpc) is 2.38. The molecule has 1 aliphatic rings. The van der Waals surface area contributed by atoms with Gasteiger partial charge in [0.05, 0.1) is 23.6 Å². The van der Waals surface area contributed by atoms with Crippen LogP contribution < -0.4 is 16.0 Å². The summed E-state index contributed by atoms with van der Waals surface area (Å²) in [5.41, 5.74) is 7.29. The molecule has 0 bridgehead atoms. The first kappa shape index (κ1) is 14.8. The zero-order valence-corrected chi connectivity index (χ0v) is 12.1. The molecule has 2 atom stereocenters. The molecule has 0 spiro atoms. The molecule has 0 aliphatic carbocycles. The zero-order valence-electron chi connectivity index (χ0n) is 12.1. The highest BCUT2D eigenvalue weighted by atomic mass is 16.5. The number of ether oxygens (including phenoxy) is 1. The molecule has 0 saturated carbocycles. The highest BCUT2D eigenvalue weighted by molar-refractivity contribution is 5.94. The summed E-state index contributed by atoms with van der Waals surface area (Å²) in [5.74, 6) is -0.0469. The predicted octanol–water partition coefficient (Wildman–Crippen LogP) is 1.59. The highest BCUT2D eigenvalue weighted by Gasteiger charge is 2.24. The number of nitrogens with one attached hydrogen (secondary N) is 1. The van der Waals surface area contributed by atoms with Crippen LogP contribution >= 0.6 is 0 Å². The van der Waals surface area contributed by atoms with E-state index < -0.39 is 0 Å². The van der Waals surface area contributed by atoms with E-state index >= 15 is 0 Å². The molecule has 1 heterocycles. The van der Waals surface area contributed by atoms with Gasteiger partial charge in [-0.1, -0.05) is 12.1 Å². The molecule has 20 heavy (non-hydrogen) atoms. The van der Waals surface area contributed by atoms with Gasteiger partial charge in [-0.25, -0.2) is 0 Å². The van der Waals surface area contributed by atoms with Crippen molar-refractivity contribution in [3.63, 3.8) is 0 Å². The van der Waals surface area contributed by atoms with Gasteiger partial charge >= 0.3 is 0 Å². The van der Waals surface area contributed by atoms with Crippen LogP contribution in [0.1, 0.15) is 20.3 Å². The average molecular weight is 277 g/mol. The summed E-state index contributed by atoms with van der Waals surface area (Å²) < 4.78 is 5.75. The number of nitrogens with two attached hydrogens (primary N) is 1. The summed E-state index contributed by atoms with van der Waals surface area (Å²) in [4.78, 5) is 14.0. The Morgan fingerprint density at radius 1 is 1.35 bits per heavy atom. The fraction of sp³-hybridized carbons (Fsp3) is 0.533. The Bertz CT molecular complexity index is 454. The summed E-state index contributed by atoms with van der Waals surface area (Å²) in [6, 6.07) is 7.87. The molecule has 1 aromatic carbocycles. The van der Waals surface area contributed by atoms with Gasteiger partial charge in [-0.05, 0) is 26.0 Å². The third kappa shape index (κ3) is 3.71. The molecule has 1 saturated heterocycles. The third-order valence-corrected chi connectivity index (χ3v) is 3.31. The van der Waals surface area contributed by atoms with E-state index in [0.29, 0.717) is 13.0 Å². The number of carbonyl (C=O) groups excluding carboxylic acids is 1. The van der Waals surface area contributed by atoms with Gasteiger partial charge in [0.2, 0.25) is 5.91 Å². The Morgan fingerprint density at radius 3 is 2.65 bits per heavy atom. The molecule has 0 aromatic heterocycles. The third-order valence-electron chi connectivity index (χ3n) is 3.31. The lowest BCUT2D eigenvalue weighted by Gasteiger charge is -2.37. The largest absolute Gasteiger partial charge is 0.372 e. The lowest BCUT2D eigenvalue weighted by atomic mass is 10.1. The lowest BCUT2D eigenvalue weighted by Crippen LogP contribution is -2.45. The van der Waals surface area contributed by atoms with Crippen molar-refractivity contribution >= 4 is 17.3 Å². The number of morpholine rings is 1. The Kier molecular flexibility index (Phi) is 4.98. The molecule has 1 amide bonds. The molecule has 110 valence electrons. The zero-order chi connectivity index (χ0) is 14.5. The monoisotopic (exact) mass is 277 g/mol. The van der Waals surface area contributed by atoms with Crippen LogP contribution in [-0.4, -0.2) is 37.7 Å². The van der Waals surface area contributed by atoms with Crippen molar-refractivity contribution in [2.75, 3.05) is 29.9 Å². The van der Waals surface area contributed by atoms with Crippen LogP contribution in [0, 0.1) is 0 Å². The second-order valence-corrected chi connectivity index (χ2v) is 5.27. The Labute approximate surface area is 120 Å². The number of hydrogen-bond acceptors (Lipinski definition) is 4. The van der Waals surface area contributed by atoms with Crippen LogP contribution in [0.4, 0.5) is 11.4 Å². The molecule has 5 heteroatoms. The molecular formula is C15H23N3O2. The number of hydrogen-bond donors (Lipinski definition) is 2. The van der Waals surface area contributed by atoms with Gasteiger partial charge in [-0.2, -0.15) is 0 Å². The molecular weight excluding hydrogens is 254 g/mol. The van der Waals surface area contributed by atoms with Gasteiger partial charge in [0.25, 0.3) is 0 Å². The Hall–Kier alpha value is -1.59. The van der Waals surface area contributed by atoms with E-state index in [1.807, 2.05) is 24.3 Å². The topological polar surface area (TPSA) is 67.6 Å². The number of nitrogens with zero attached hydrogens (tertiary/aromatic N) is 1. The van der Waals surface area contributed by atoms with Crippen LogP contribution in [0.3, 0.4) is 0 Å². The second-order valence-electron chi connectivity index (χ2n) is 5.27. The number of carbonyl (C=O) groups is 1. The van der Waals surface area contributed by atoms with Crippen LogP contribution in [0.25, 0.3) is 0 Å². The van der Waals surface area contributed by atoms with Crippen molar-refractivity contribution < 1.29 is 9.53 Å². The maximum atomic E-state index is 11.7. The first-order valence-electron chi connectivity index (χ1n) is 7.09. The molecule has 1 aliphatic heterocycles. The van der Waals surface area contributed by atoms with Crippen molar-refractivity contribution in [1.29, 1.82) is 0 Å². The predicted molar refractivity (Wildman–Crippen MR) is 81.0 cm³/mol. The van der Waals surface area contributed by atoms with E-state index in [1.165, 1.54) is 0 Å². The molecule has 5 nitrogen and oxygen atoms in total. The smallest absolute Gasteiger partial charge is 0.225 e. The van der Waals surface area contributed by atoms with Gasteiger partial charge in [0.1, 0.15) is 0 Å². The van der Waals surface area contributed by atoms with Crippen LogP contribution in [0.5, 0.6) is 0 Å². The standard InChI is InChI=1S/C15H23N3O2/c1-11-9-18(10-12(2)20-11)14-6-4-3-5-13(14)17-15(19)7-8-16/h3-6,11-12H,7-10,16H2,1-2H3,(H,17,19). The number of anilines is 2. The van der Waals surface area contributed by atoms with Crippen molar-refractivity contribution in [2.45, 2.75) is 32.5 Å². The maximum absolute atomic E-state index is 11.7. The molecule has 1 fully saturated rings. The van der Waals surface area contributed by atoms with Crippen LogP contribution in [0.15, 0.2) is 24.3 Å². The molecule has 3 N–H and O–H groups in total. The molecule has 2 unspecified atom stereocenters. The van der Waals surface area contributed by atoms with E-state index in [1.54, 1.807) is 0 Å². The quantitative estimate of drug-likeness (QED) is 0.877. The Balaban J connectivity index is 2.16. The minimum atomic E-state index is -0.0469. The van der Waals surface area contributed by atoms with Gasteiger partial charge in [0, 0.05) is 26.1 Å². The van der Waals surface area contributed by atoms with Crippen LogP contribution in [-0.2, 0) is 9.53 Å². The fourth-order valence-corrected chi connectivity index (χ4v) is 2.57. The van der Waals surface area contributed by atoms with E-state index in [-0.39, 0.29) is 18.1 Å². The summed E-state index contributed by atoms with van der Waals surface area (Å²) in [5, 5.41) is 2.94. The molecule has 0 radical (unpaired) electrons. The summed E-state index contributed by atoms with van der Waals surface area (Å²) in [6.45, 7) is 6.15. The molecule has 1 aromatic rings. The summed E-state index contributed by atoms with van der Waals surface area (Å²) >= 11 is 0. The van der Waals surface area contributed by atoms with Gasteiger partial charge in [0.15, 0.2) is 0 Å².